The first-order valence-corrected chi connectivity index (χ1v) is 6.57. The third-order valence-corrected chi connectivity index (χ3v) is 3.48. The van der Waals surface area contributed by atoms with E-state index in [0.29, 0.717) is 12.0 Å². The maximum absolute atomic E-state index is 12.0. The van der Waals surface area contributed by atoms with E-state index in [2.05, 4.69) is 5.32 Å². The number of amides is 2. The summed E-state index contributed by atoms with van der Waals surface area (Å²) in [6.45, 7) is -0.0229. The van der Waals surface area contributed by atoms with Crippen LogP contribution in [0, 0.1) is 0 Å². The van der Waals surface area contributed by atoms with E-state index in [1.165, 1.54) is 0 Å². The van der Waals surface area contributed by atoms with Crippen LogP contribution in [-0.4, -0.2) is 51.7 Å². The molecule has 7 nitrogen and oxygen atoms in total. The summed E-state index contributed by atoms with van der Waals surface area (Å²) in [6.07, 6.45) is -0.679. The third kappa shape index (κ3) is 3.50. The van der Waals surface area contributed by atoms with Crippen molar-refractivity contribution < 1.29 is 24.6 Å². The number of nitrogens with one attached hydrogen (secondary N) is 1. The summed E-state index contributed by atoms with van der Waals surface area (Å²) in [5.41, 5.74) is 0.486. The molecule has 0 aromatic heterocycles. The number of carbonyl (C=O) groups excluding carboxylic acids is 1. The zero-order chi connectivity index (χ0) is 15.4. The fourth-order valence-electron chi connectivity index (χ4n) is 2.42. The van der Waals surface area contributed by atoms with Crippen LogP contribution >= 0.6 is 0 Å². The highest BCUT2D eigenvalue weighted by atomic mass is 16.4. The Morgan fingerprint density at radius 3 is 2.33 bits per heavy atom. The number of carboxylic acids is 1. The number of carbonyl (C=O) groups is 3. The SMILES string of the molecule is O=C(N[C@H]1CC[C@H](C(=O)O)N(C(=O)O)C1)c1ccccc1. The standard InChI is InChI=1S/C14H16N2O5/c17-12(9-4-2-1-3-5-9)15-10-6-7-11(13(18)19)16(8-10)14(20)21/h1-5,10-11H,6-8H2,(H,15,17)(H,18,19)(H,20,21)/t10-,11+/m0/s1. The smallest absolute Gasteiger partial charge is 0.408 e. The summed E-state index contributed by atoms with van der Waals surface area (Å²) >= 11 is 0. The first kappa shape index (κ1) is 14.8. The van der Waals surface area contributed by atoms with Crippen molar-refractivity contribution in [3.05, 3.63) is 35.9 Å². The number of aliphatic carboxylic acids is 1. The summed E-state index contributed by atoms with van der Waals surface area (Å²) in [5, 5.41) is 20.8. The zero-order valence-corrected chi connectivity index (χ0v) is 11.2. The van der Waals surface area contributed by atoms with Gasteiger partial charge >= 0.3 is 12.1 Å². The van der Waals surface area contributed by atoms with E-state index in [1.54, 1.807) is 30.3 Å². The minimum absolute atomic E-state index is 0.0229. The second-order valence-electron chi connectivity index (χ2n) is 4.90. The molecule has 1 saturated heterocycles. The molecule has 21 heavy (non-hydrogen) atoms. The molecule has 2 amide bonds. The van der Waals surface area contributed by atoms with Crippen molar-refractivity contribution in [1.82, 2.24) is 10.2 Å². The number of piperidine rings is 1. The lowest BCUT2D eigenvalue weighted by atomic mass is 9.98. The molecule has 0 aliphatic carbocycles. The van der Waals surface area contributed by atoms with Gasteiger partial charge in [0.15, 0.2) is 0 Å². The largest absolute Gasteiger partial charge is 0.480 e. The molecule has 1 aliphatic rings. The van der Waals surface area contributed by atoms with Gasteiger partial charge in [-0.2, -0.15) is 0 Å². The molecule has 1 aromatic carbocycles. The molecule has 1 heterocycles. The van der Waals surface area contributed by atoms with Crippen LogP contribution < -0.4 is 5.32 Å². The number of rotatable bonds is 3. The van der Waals surface area contributed by atoms with Gasteiger partial charge in [0, 0.05) is 18.2 Å². The maximum atomic E-state index is 12.0. The van der Waals surface area contributed by atoms with Crippen LogP contribution in [0.5, 0.6) is 0 Å². The van der Waals surface area contributed by atoms with E-state index in [9.17, 15) is 14.4 Å². The average Bonchev–Trinajstić information content (AvgIpc) is 2.47. The molecule has 1 aromatic rings. The van der Waals surface area contributed by atoms with Gasteiger partial charge in [-0.3, -0.25) is 9.69 Å². The van der Waals surface area contributed by atoms with Crippen LogP contribution in [-0.2, 0) is 4.79 Å². The molecule has 2 atom stereocenters. The summed E-state index contributed by atoms with van der Waals surface area (Å²) in [5.74, 6) is -1.45. The van der Waals surface area contributed by atoms with Gasteiger partial charge in [-0.25, -0.2) is 9.59 Å². The highest BCUT2D eigenvalue weighted by Crippen LogP contribution is 2.18. The number of hydrogen-bond acceptors (Lipinski definition) is 3. The third-order valence-electron chi connectivity index (χ3n) is 3.48. The molecule has 3 N–H and O–H groups in total. The molecule has 2 rings (SSSR count). The van der Waals surface area contributed by atoms with Gasteiger partial charge in [-0.05, 0) is 25.0 Å². The Bertz CT molecular complexity index is 546. The molecular formula is C14H16N2O5. The summed E-state index contributed by atoms with van der Waals surface area (Å²) in [6, 6.07) is 7.15. The summed E-state index contributed by atoms with van der Waals surface area (Å²) in [7, 11) is 0. The topological polar surface area (TPSA) is 107 Å². The van der Waals surface area contributed by atoms with E-state index in [1.807, 2.05) is 0 Å². The second kappa shape index (κ2) is 6.25. The van der Waals surface area contributed by atoms with Gasteiger partial charge in [-0.15, -0.1) is 0 Å². The van der Waals surface area contributed by atoms with Crippen LogP contribution in [0.15, 0.2) is 30.3 Å². The predicted molar refractivity (Wildman–Crippen MR) is 73.1 cm³/mol. The molecule has 1 fully saturated rings. The van der Waals surface area contributed by atoms with Crippen molar-refractivity contribution in [3.63, 3.8) is 0 Å². The quantitative estimate of drug-likeness (QED) is 0.770. The van der Waals surface area contributed by atoms with Crippen LogP contribution in [0.4, 0.5) is 4.79 Å². The van der Waals surface area contributed by atoms with Gasteiger partial charge in [0.2, 0.25) is 0 Å². The number of carboxylic acid groups (broad SMARTS) is 2. The first-order chi connectivity index (χ1) is 9.99. The van der Waals surface area contributed by atoms with Crippen LogP contribution in [0.2, 0.25) is 0 Å². The molecule has 1 aliphatic heterocycles. The molecule has 0 saturated carbocycles. The number of hydrogen-bond donors (Lipinski definition) is 3. The summed E-state index contributed by atoms with van der Waals surface area (Å²) in [4.78, 5) is 35.0. The van der Waals surface area contributed by atoms with E-state index in [4.69, 9.17) is 10.2 Å². The predicted octanol–water partition coefficient (Wildman–Crippen LogP) is 1.01. The second-order valence-corrected chi connectivity index (χ2v) is 4.90. The highest BCUT2D eigenvalue weighted by molar-refractivity contribution is 5.94. The number of nitrogens with zero attached hydrogens (tertiary/aromatic N) is 1. The Labute approximate surface area is 121 Å². The minimum Gasteiger partial charge on any atom is -0.480 e. The molecule has 0 spiro atoms. The average molecular weight is 292 g/mol. The Morgan fingerprint density at radius 1 is 1.10 bits per heavy atom. The fraction of sp³-hybridized carbons (Fsp3) is 0.357. The van der Waals surface area contributed by atoms with Crippen molar-refractivity contribution >= 4 is 18.0 Å². The Balaban J connectivity index is 2.01. The Kier molecular flexibility index (Phi) is 4.42. The van der Waals surface area contributed by atoms with Crippen LogP contribution in [0.1, 0.15) is 23.2 Å². The van der Waals surface area contributed by atoms with E-state index in [0.717, 1.165) is 4.90 Å². The Hall–Kier alpha value is -2.57. The van der Waals surface area contributed by atoms with Gasteiger partial charge in [0.05, 0.1) is 0 Å². The minimum atomic E-state index is -1.29. The van der Waals surface area contributed by atoms with Gasteiger partial charge in [-0.1, -0.05) is 18.2 Å². The number of benzene rings is 1. The number of likely N-dealkylation sites (tertiary alicyclic amines) is 1. The van der Waals surface area contributed by atoms with Crippen molar-refractivity contribution in [2.45, 2.75) is 24.9 Å². The molecule has 7 heteroatoms. The highest BCUT2D eigenvalue weighted by Gasteiger charge is 2.36. The van der Waals surface area contributed by atoms with Crippen molar-refractivity contribution in [3.8, 4) is 0 Å². The van der Waals surface area contributed by atoms with Crippen molar-refractivity contribution in [2.75, 3.05) is 6.54 Å². The first-order valence-electron chi connectivity index (χ1n) is 6.57. The Morgan fingerprint density at radius 2 is 1.76 bits per heavy atom. The van der Waals surface area contributed by atoms with Crippen molar-refractivity contribution in [2.24, 2.45) is 0 Å². The maximum Gasteiger partial charge on any atom is 0.408 e. The normalized spacial score (nSPS) is 21.6. The van der Waals surface area contributed by atoms with Crippen molar-refractivity contribution in [1.29, 1.82) is 0 Å². The monoisotopic (exact) mass is 292 g/mol. The van der Waals surface area contributed by atoms with Crippen LogP contribution in [0.3, 0.4) is 0 Å². The molecule has 112 valence electrons. The lowest BCUT2D eigenvalue weighted by Gasteiger charge is -2.35. The van der Waals surface area contributed by atoms with E-state index in [-0.39, 0.29) is 24.9 Å². The molecule has 0 radical (unpaired) electrons. The van der Waals surface area contributed by atoms with Gasteiger partial charge in [0.1, 0.15) is 6.04 Å². The fourth-order valence-corrected chi connectivity index (χ4v) is 2.42. The molecule has 0 unspecified atom stereocenters. The lowest BCUT2D eigenvalue weighted by Crippen LogP contribution is -2.55. The van der Waals surface area contributed by atoms with E-state index >= 15 is 0 Å². The molecular weight excluding hydrogens is 276 g/mol. The van der Waals surface area contributed by atoms with E-state index < -0.39 is 18.1 Å². The summed E-state index contributed by atoms with van der Waals surface area (Å²) < 4.78 is 0. The zero-order valence-electron chi connectivity index (χ0n) is 11.2. The lowest BCUT2D eigenvalue weighted by molar-refractivity contribution is -0.143. The van der Waals surface area contributed by atoms with Gasteiger partial charge in [0.25, 0.3) is 5.91 Å². The molecule has 0 bridgehead atoms. The van der Waals surface area contributed by atoms with Crippen LogP contribution in [0.25, 0.3) is 0 Å². The van der Waals surface area contributed by atoms with Gasteiger partial charge < -0.3 is 15.5 Å².